The van der Waals surface area contributed by atoms with Crippen LogP contribution in [0, 0.1) is 18.6 Å². The van der Waals surface area contributed by atoms with Gasteiger partial charge in [0, 0.05) is 6.54 Å². The summed E-state index contributed by atoms with van der Waals surface area (Å²) in [7, 11) is 0. The maximum Gasteiger partial charge on any atom is 0.256 e. The fraction of sp³-hybridized carbons (Fsp3) is 0.458. The van der Waals surface area contributed by atoms with E-state index in [1.54, 1.807) is 19.1 Å². The highest BCUT2D eigenvalue weighted by atomic mass is 19.1. The molecule has 1 aliphatic heterocycles. The van der Waals surface area contributed by atoms with Crippen molar-refractivity contribution in [1.82, 2.24) is 10.2 Å². The molecular formula is C24H33F2N3O2. The van der Waals surface area contributed by atoms with Crippen LogP contribution in [0.5, 0.6) is 0 Å². The summed E-state index contributed by atoms with van der Waals surface area (Å²) in [5, 5.41) is 16.5. The molecule has 1 saturated heterocycles. The number of nitrogens with zero attached hydrogens (tertiary/aromatic N) is 1. The number of nitrogens with one attached hydrogen (secondary N) is 2. The molecule has 3 N–H and O–H groups in total. The summed E-state index contributed by atoms with van der Waals surface area (Å²) in [4.78, 5) is 14.4. The zero-order valence-corrected chi connectivity index (χ0v) is 18.8. The van der Waals surface area contributed by atoms with Gasteiger partial charge in [0.15, 0.2) is 0 Å². The smallest absolute Gasteiger partial charge is 0.256 e. The molecule has 31 heavy (non-hydrogen) atoms. The SMILES string of the molecule is CC.CCCCNCC1(O)CN(C(=O)c2ccc(F)cc2Nc2ccc(C)cc2F)C1. The van der Waals surface area contributed by atoms with Gasteiger partial charge in [-0.05, 0) is 55.8 Å². The molecule has 0 spiro atoms. The maximum atomic E-state index is 14.2. The number of β-amino-alcohol motifs (C(OH)–C–C–N with tert-alkyl or cyclic N) is 1. The number of aryl methyl sites for hydroxylation is 1. The molecule has 170 valence electrons. The van der Waals surface area contributed by atoms with Crippen molar-refractivity contribution in [3.8, 4) is 0 Å². The maximum absolute atomic E-state index is 14.2. The first-order valence-electron chi connectivity index (χ1n) is 10.9. The number of amides is 1. The van der Waals surface area contributed by atoms with E-state index in [1.807, 2.05) is 13.8 Å². The number of anilines is 2. The van der Waals surface area contributed by atoms with Crippen LogP contribution in [0.25, 0.3) is 0 Å². The van der Waals surface area contributed by atoms with Crippen molar-refractivity contribution in [3.05, 3.63) is 59.2 Å². The Kier molecular flexibility index (Phi) is 8.95. The third kappa shape index (κ3) is 6.48. The zero-order chi connectivity index (χ0) is 23.0. The zero-order valence-electron chi connectivity index (χ0n) is 18.8. The van der Waals surface area contributed by atoms with Crippen LogP contribution >= 0.6 is 0 Å². The number of aliphatic hydroxyl groups is 1. The van der Waals surface area contributed by atoms with Gasteiger partial charge in [0.1, 0.15) is 17.2 Å². The molecule has 5 nitrogen and oxygen atoms in total. The van der Waals surface area contributed by atoms with Crippen LogP contribution in [-0.4, -0.2) is 47.7 Å². The summed E-state index contributed by atoms with van der Waals surface area (Å²) in [6.45, 7) is 9.49. The number of hydrogen-bond donors (Lipinski definition) is 3. The lowest BCUT2D eigenvalue weighted by Gasteiger charge is -2.46. The number of benzene rings is 2. The minimum Gasteiger partial charge on any atom is -0.385 e. The lowest BCUT2D eigenvalue weighted by atomic mass is 9.92. The van der Waals surface area contributed by atoms with Crippen LogP contribution in [0.3, 0.4) is 0 Å². The average Bonchev–Trinajstić information content (AvgIpc) is 2.72. The van der Waals surface area contributed by atoms with Crippen LogP contribution in [0.2, 0.25) is 0 Å². The molecule has 2 aromatic rings. The number of rotatable bonds is 8. The van der Waals surface area contributed by atoms with Crippen molar-refractivity contribution in [2.45, 2.75) is 46.1 Å². The first-order chi connectivity index (χ1) is 14.8. The van der Waals surface area contributed by atoms with E-state index in [0.29, 0.717) is 6.54 Å². The van der Waals surface area contributed by atoms with E-state index in [1.165, 1.54) is 29.2 Å². The summed E-state index contributed by atoms with van der Waals surface area (Å²) in [5.41, 5.74) is 0.383. The molecule has 3 rings (SSSR count). The Bertz CT molecular complexity index is 883. The monoisotopic (exact) mass is 433 g/mol. The Labute approximate surface area is 183 Å². The van der Waals surface area contributed by atoms with Gasteiger partial charge in [0.2, 0.25) is 0 Å². The van der Waals surface area contributed by atoms with E-state index in [4.69, 9.17) is 0 Å². The van der Waals surface area contributed by atoms with Gasteiger partial charge in [-0.3, -0.25) is 4.79 Å². The summed E-state index contributed by atoms with van der Waals surface area (Å²) < 4.78 is 28.0. The standard InChI is InChI=1S/C22H27F2N3O2.C2H6/c1-3-4-9-25-12-22(29)13-27(14-22)21(28)17-7-6-16(23)11-20(17)26-19-8-5-15(2)10-18(19)24;1-2/h5-8,10-11,25-26,29H,3-4,9,12-14H2,1-2H3;1-2H3. The van der Waals surface area contributed by atoms with E-state index >= 15 is 0 Å². The number of unbranched alkanes of at least 4 members (excludes halogenated alkanes) is 1. The number of halogens is 2. The van der Waals surface area contributed by atoms with Gasteiger partial charge in [0.05, 0.1) is 30.0 Å². The molecular weight excluding hydrogens is 400 g/mol. The Morgan fingerprint density at radius 2 is 1.84 bits per heavy atom. The minimum absolute atomic E-state index is 0.162. The van der Waals surface area contributed by atoms with Gasteiger partial charge in [-0.2, -0.15) is 0 Å². The topological polar surface area (TPSA) is 64.6 Å². The Balaban J connectivity index is 0.00000166. The van der Waals surface area contributed by atoms with Gasteiger partial charge in [0.25, 0.3) is 5.91 Å². The molecule has 1 fully saturated rings. The van der Waals surface area contributed by atoms with E-state index in [-0.39, 0.29) is 35.9 Å². The Morgan fingerprint density at radius 1 is 1.13 bits per heavy atom. The van der Waals surface area contributed by atoms with Gasteiger partial charge in [-0.25, -0.2) is 8.78 Å². The third-order valence-electron chi connectivity index (χ3n) is 5.02. The third-order valence-corrected chi connectivity index (χ3v) is 5.02. The summed E-state index contributed by atoms with van der Waals surface area (Å²) >= 11 is 0. The minimum atomic E-state index is -0.958. The van der Waals surface area contributed by atoms with Crippen molar-refractivity contribution in [3.63, 3.8) is 0 Å². The van der Waals surface area contributed by atoms with Crippen molar-refractivity contribution in [2.24, 2.45) is 0 Å². The van der Waals surface area contributed by atoms with Crippen LogP contribution in [0.15, 0.2) is 36.4 Å². The Hall–Kier alpha value is -2.51. The molecule has 0 bridgehead atoms. The van der Waals surface area contributed by atoms with E-state index in [0.717, 1.165) is 24.9 Å². The highest BCUT2D eigenvalue weighted by Gasteiger charge is 2.43. The fourth-order valence-electron chi connectivity index (χ4n) is 3.39. The fourth-order valence-corrected chi connectivity index (χ4v) is 3.39. The predicted molar refractivity (Wildman–Crippen MR) is 121 cm³/mol. The van der Waals surface area contributed by atoms with Crippen LogP contribution in [0.4, 0.5) is 20.2 Å². The van der Waals surface area contributed by atoms with Crippen molar-refractivity contribution in [1.29, 1.82) is 0 Å². The van der Waals surface area contributed by atoms with Crippen LogP contribution < -0.4 is 10.6 Å². The first kappa shape index (κ1) is 24.8. The summed E-state index contributed by atoms with van der Waals surface area (Å²) in [6.07, 6.45) is 2.09. The second kappa shape index (κ2) is 11.2. The molecule has 0 aliphatic carbocycles. The van der Waals surface area contributed by atoms with Crippen LogP contribution in [0.1, 0.15) is 49.5 Å². The highest BCUT2D eigenvalue weighted by Crippen LogP contribution is 2.29. The molecule has 0 unspecified atom stereocenters. The predicted octanol–water partition coefficient (Wildman–Crippen LogP) is 4.62. The Morgan fingerprint density at radius 3 is 2.48 bits per heavy atom. The van der Waals surface area contributed by atoms with Gasteiger partial charge < -0.3 is 20.6 Å². The second-order valence-corrected chi connectivity index (χ2v) is 7.71. The van der Waals surface area contributed by atoms with Gasteiger partial charge in [-0.15, -0.1) is 0 Å². The summed E-state index contributed by atoms with van der Waals surface area (Å²) in [6, 6.07) is 8.39. The van der Waals surface area contributed by atoms with Crippen molar-refractivity contribution >= 4 is 17.3 Å². The van der Waals surface area contributed by atoms with Gasteiger partial charge in [-0.1, -0.05) is 33.3 Å². The molecule has 1 heterocycles. The lowest BCUT2D eigenvalue weighted by molar-refractivity contribution is -0.0784. The van der Waals surface area contributed by atoms with E-state index in [2.05, 4.69) is 17.6 Å². The first-order valence-corrected chi connectivity index (χ1v) is 10.9. The lowest BCUT2D eigenvalue weighted by Crippen LogP contribution is -2.67. The van der Waals surface area contributed by atoms with E-state index in [9.17, 15) is 18.7 Å². The molecule has 1 aliphatic rings. The number of carbonyl (C=O) groups excluding carboxylic acids is 1. The normalized spacial score (nSPS) is 14.4. The molecule has 0 saturated carbocycles. The van der Waals surface area contributed by atoms with E-state index < -0.39 is 17.2 Å². The van der Waals surface area contributed by atoms with Crippen LogP contribution in [-0.2, 0) is 0 Å². The molecule has 7 heteroatoms. The summed E-state index contributed by atoms with van der Waals surface area (Å²) in [5.74, 6) is -1.35. The largest absolute Gasteiger partial charge is 0.385 e. The average molecular weight is 434 g/mol. The quantitative estimate of drug-likeness (QED) is 0.532. The molecule has 2 aromatic carbocycles. The molecule has 0 aromatic heterocycles. The van der Waals surface area contributed by atoms with Crippen molar-refractivity contribution in [2.75, 3.05) is 31.5 Å². The molecule has 0 atom stereocenters. The number of hydrogen-bond acceptors (Lipinski definition) is 4. The number of likely N-dealkylation sites (tertiary alicyclic amines) is 1. The highest BCUT2D eigenvalue weighted by molar-refractivity contribution is 6.01. The number of carbonyl (C=O) groups is 1. The molecule has 0 radical (unpaired) electrons. The van der Waals surface area contributed by atoms with Crippen molar-refractivity contribution < 1.29 is 18.7 Å². The second-order valence-electron chi connectivity index (χ2n) is 7.71. The molecule has 1 amide bonds. The van der Waals surface area contributed by atoms with Gasteiger partial charge >= 0.3 is 0 Å².